The first-order valence-corrected chi connectivity index (χ1v) is 8.13. The number of carbonyl (C=O) groups excluding carboxylic acids is 1. The fourth-order valence-corrected chi connectivity index (χ4v) is 3.40. The van der Waals surface area contributed by atoms with Gasteiger partial charge in [0.2, 0.25) is 5.91 Å². The van der Waals surface area contributed by atoms with Crippen molar-refractivity contribution in [3.8, 4) is 0 Å². The highest BCUT2D eigenvalue weighted by Crippen LogP contribution is 2.37. The van der Waals surface area contributed by atoms with E-state index in [9.17, 15) is 4.79 Å². The third-order valence-electron chi connectivity index (χ3n) is 4.78. The molecular formula is C16H30N2O2. The zero-order valence-corrected chi connectivity index (χ0v) is 13.4. The lowest BCUT2D eigenvalue weighted by Crippen LogP contribution is -2.52. The second-order valence-electron chi connectivity index (χ2n) is 6.86. The minimum atomic E-state index is -0.0734. The number of hydrogen-bond acceptors (Lipinski definition) is 3. The molecule has 2 fully saturated rings. The molecule has 0 bridgehead atoms. The summed E-state index contributed by atoms with van der Waals surface area (Å²) in [6, 6.07) is 0.000493. The second-order valence-corrected chi connectivity index (χ2v) is 6.86. The normalized spacial score (nSPS) is 29.1. The van der Waals surface area contributed by atoms with E-state index in [4.69, 9.17) is 4.74 Å². The molecule has 2 atom stereocenters. The molecule has 2 aliphatic rings. The van der Waals surface area contributed by atoms with Crippen molar-refractivity contribution in [1.82, 2.24) is 10.2 Å². The molecule has 1 amide bonds. The van der Waals surface area contributed by atoms with Crippen LogP contribution in [0.2, 0.25) is 0 Å². The van der Waals surface area contributed by atoms with E-state index in [1.807, 2.05) is 0 Å². The van der Waals surface area contributed by atoms with Gasteiger partial charge in [-0.1, -0.05) is 27.2 Å². The van der Waals surface area contributed by atoms with Gasteiger partial charge in [-0.3, -0.25) is 10.1 Å². The average molecular weight is 282 g/mol. The van der Waals surface area contributed by atoms with Gasteiger partial charge in [0.15, 0.2) is 0 Å². The zero-order valence-electron chi connectivity index (χ0n) is 13.4. The van der Waals surface area contributed by atoms with Crippen molar-refractivity contribution < 1.29 is 9.53 Å². The van der Waals surface area contributed by atoms with Crippen molar-refractivity contribution in [2.45, 2.75) is 77.1 Å². The molecule has 1 N–H and O–H groups in total. The van der Waals surface area contributed by atoms with Crippen LogP contribution < -0.4 is 5.32 Å². The summed E-state index contributed by atoms with van der Waals surface area (Å²) in [6.45, 7) is 7.29. The maximum atomic E-state index is 12.7. The van der Waals surface area contributed by atoms with Crippen LogP contribution in [0, 0.1) is 5.92 Å². The molecule has 2 unspecified atom stereocenters. The molecule has 0 radical (unpaired) electrons. The van der Waals surface area contributed by atoms with Crippen molar-refractivity contribution >= 4 is 5.91 Å². The lowest BCUT2D eigenvalue weighted by molar-refractivity contribution is -0.140. The van der Waals surface area contributed by atoms with Crippen molar-refractivity contribution in [3.63, 3.8) is 0 Å². The van der Waals surface area contributed by atoms with E-state index in [0.29, 0.717) is 5.92 Å². The number of methoxy groups -OCH3 is 1. The Kier molecular flexibility index (Phi) is 5.08. The van der Waals surface area contributed by atoms with Crippen LogP contribution >= 0.6 is 0 Å². The van der Waals surface area contributed by atoms with Crippen molar-refractivity contribution in [2.75, 3.05) is 13.7 Å². The molecule has 1 aliphatic heterocycles. The topological polar surface area (TPSA) is 41.6 Å². The Morgan fingerprint density at radius 3 is 2.60 bits per heavy atom. The summed E-state index contributed by atoms with van der Waals surface area (Å²) in [5.41, 5.74) is -0.0734. The van der Waals surface area contributed by atoms with Crippen molar-refractivity contribution in [1.29, 1.82) is 0 Å². The summed E-state index contributed by atoms with van der Waals surface area (Å²) in [5.74, 6) is 0.819. The third-order valence-corrected chi connectivity index (χ3v) is 4.78. The van der Waals surface area contributed by atoms with E-state index in [1.54, 1.807) is 7.11 Å². The number of amides is 1. The molecule has 20 heavy (non-hydrogen) atoms. The van der Waals surface area contributed by atoms with Crippen LogP contribution in [0.1, 0.15) is 59.3 Å². The molecule has 1 aliphatic carbocycles. The van der Waals surface area contributed by atoms with Gasteiger partial charge in [0.05, 0.1) is 24.4 Å². The standard InChI is InChI=1S/C16H30N2O2/c1-5-7-14-17-13(10-12(2)3)15(19)18(14)11-16(20-4)8-6-9-16/h12-14,17H,5-11H2,1-4H3. The highest BCUT2D eigenvalue weighted by atomic mass is 16.5. The Morgan fingerprint density at radius 1 is 1.45 bits per heavy atom. The van der Waals surface area contributed by atoms with Crippen LogP contribution in [0.5, 0.6) is 0 Å². The number of nitrogens with one attached hydrogen (secondary N) is 1. The lowest BCUT2D eigenvalue weighted by atomic mass is 9.79. The minimum Gasteiger partial charge on any atom is -0.376 e. The van der Waals surface area contributed by atoms with Crippen molar-refractivity contribution in [2.24, 2.45) is 5.92 Å². The summed E-state index contributed by atoms with van der Waals surface area (Å²) < 4.78 is 5.71. The van der Waals surface area contributed by atoms with Gasteiger partial charge in [0, 0.05) is 7.11 Å². The molecule has 0 aromatic heterocycles. The summed E-state index contributed by atoms with van der Waals surface area (Å²) >= 11 is 0. The molecule has 0 aromatic rings. The summed E-state index contributed by atoms with van der Waals surface area (Å²) in [7, 11) is 1.79. The molecule has 2 rings (SSSR count). The van der Waals surface area contributed by atoms with E-state index in [-0.39, 0.29) is 23.7 Å². The minimum absolute atomic E-state index is 0.000493. The average Bonchev–Trinajstić information content (AvgIpc) is 2.61. The first-order valence-electron chi connectivity index (χ1n) is 8.13. The highest BCUT2D eigenvalue weighted by Gasteiger charge is 2.45. The molecule has 4 heteroatoms. The van der Waals surface area contributed by atoms with E-state index in [2.05, 4.69) is 31.0 Å². The van der Waals surface area contributed by atoms with Gasteiger partial charge in [-0.25, -0.2) is 0 Å². The predicted molar refractivity (Wildman–Crippen MR) is 80.4 cm³/mol. The molecule has 0 spiro atoms. The molecule has 0 aromatic carbocycles. The maximum absolute atomic E-state index is 12.7. The fourth-order valence-electron chi connectivity index (χ4n) is 3.40. The number of ether oxygens (including phenoxy) is 1. The van der Waals surface area contributed by atoms with Crippen LogP contribution in [0.3, 0.4) is 0 Å². The van der Waals surface area contributed by atoms with E-state index < -0.39 is 0 Å². The van der Waals surface area contributed by atoms with E-state index >= 15 is 0 Å². The summed E-state index contributed by atoms with van der Waals surface area (Å²) in [5, 5.41) is 3.54. The zero-order chi connectivity index (χ0) is 14.8. The first kappa shape index (κ1) is 15.8. The molecule has 1 saturated carbocycles. The van der Waals surface area contributed by atoms with Crippen LogP contribution in [0.25, 0.3) is 0 Å². The Balaban J connectivity index is 2.05. The predicted octanol–water partition coefficient (Wildman–Crippen LogP) is 2.53. The van der Waals surface area contributed by atoms with Crippen LogP contribution in [0.15, 0.2) is 0 Å². The summed E-state index contributed by atoms with van der Waals surface area (Å²) in [4.78, 5) is 14.7. The first-order chi connectivity index (χ1) is 9.51. The van der Waals surface area contributed by atoms with Gasteiger partial charge in [-0.2, -0.15) is 0 Å². The lowest BCUT2D eigenvalue weighted by Gasteiger charge is -2.44. The number of rotatable bonds is 7. The third kappa shape index (κ3) is 3.17. The SMILES string of the molecule is CCCC1NC(CC(C)C)C(=O)N1CC1(OC)CCC1. The van der Waals surface area contributed by atoms with Crippen LogP contribution in [-0.2, 0) is 9.53 Å². The largest absolute Gasteiger partial charge is 0.376 e. The number of nitrogens with zero attached hydrogens (tertiary/aromatic N) is 1. The fraction of sp³-hybridized carbons (Fsp3) is 0.938. The Bertz CT molecular complexity index is 334. The van der Waals surface area contributed by atoms with Gasteiger partial charge < -0.3 is 9.64 Å². The van der Waals surface area contributed by atoms with Gasteiger partial charge in [0.25, 0.3) is 0 Å². The van der Waals surface area contributed by atoms with E-state index in [1.165, 1.54) is 6.42 Å². The molecule has 4 nitrogen and oxygen atoms in total. The Labute approximate surface area is 123 Å². The van der Waals surface area contributed by atoms with Gasteiger partial charge in [-0.05, 0) is 38.0 Å². The summed E-state index contributed by atoms with van der Waals surface area (Å²) in [6.07, 6.45) is 6.63. The quantitative estimate of drug-likeness (QED) is 0.780. The Hall–Kier alpha value is -0.610. The van der Waals surface area contributed by atoms with Crippen LogP contribution in [-0.4, -0.2) is 42.3 Å². The molecule has 1 heterocycles. The maximum Gasteiger partial charge on any atom is 0.241 e. The van der Waals surface area contributed by atoms with Gasteiger partial charge >= 0.3 is 0 Å². The smallest absolute Gasteiger partial charge is 0.241 e. The number of hydrogen-bond donors (Lipinski definition) is 1. The van der Waals surface area contributed by atoms with Crippen molar-refractivity contribution in [3.05, 3.63) is 0 Å². The molecule has 1 saturated heterocycles. The second kappa shape index (κ2) is 6.44. The Morgan fingerprint density at radius 2 is 2.15 bits per heavy atom. The molecular weight excluding hydrogens is 252 g/mol. The van der Waals surface area contributed by atoms with Gasteiger partial charge in [-0.15, -0.1) is 0 Å². The number of carbonyl (C=O) groups is 1. The highest BCUT2D eigenvalue weighted by molar-refractivity contribution is 5.84. The molecule has 116 valence electrons. The van der Waals surface area contributed by atoms with Gasteiger partial charge in [0.1, 0.15) is 0 Å². The van der Waals surface area contributed by atoms with Crippen LogP contribution in [0.4, 0.5) is 0 Å². The van der Waals surface area contributed by atoms with E-state index in [0.717, 1.165) is 38.6 Å². The monoisotopic (exact) mass is 282 g/mol.